The summed E-state index contributed by atoms with van der Waals surface area (Å²) >= 11 is 1.64. The number of rotatable bonds is 5. The topological polar surface area (TPSA) is 38.7 Å². The van der Waals surface area contributed by atoms with Crippen molar-refractivity contribution in [2.75, 3.05) is 5.75 Å². The molecule has 1 aliphatic rings. The Labute approximate surface area is 211 Å². The Kier molecular flexibility index (Phi) is 6.24. The van der Waals surface area contributed by atoms with E-state index in [0.29, 0.717) is 12.2 Å². The maximum absolute atomic E-state index is 13.6. The Hall–Kier alpha value is -3.37. The number of thioether (sulfide) groups is 1. The fraction of sp³-hybridized carbons (Fsp3) is 0.226. The van der Waals surface area contributed by atoms with E-state index >= 15 is 0 Å². The molecule has 0 aliphatic carbocycles. The number of benzene rings is 4. The summed E-state index contributed by atoms with van der Waals surface area (Å²) in [6, 6.07) is 33.3. The molecule has 176 valence electrons. The molecule has 1 heterocycles. The van der Waals surface area contributed by atoms with Crippen LogP contribution >= 0.6 is 11.8 Å². The van der Waals surface area contributed by atoms with Gasteiger partial charge >= 0.3 is 5.97 Å². The summed E-state index contributed by atoms with van der Waals surface area (Å²) in [6.45, 7) is 5.73. The third kappa shape index (κ3) is 5.03. The van der Waals surface area contributed by atoms with Crippen LogP contribution in [0.5, 0.6) is 0 Å². The molecule has 0 saturated heterocycles. The molecule has 0 aromatic heterocycles. The van der Waals surface area contributed by atoms with E-state index in [1.165, 1.54) is 5.39 Å². The third-order valence-electron chi connectivity index (χ3n) is 6.09. The van der Waals surface area contributed by atoms with E-state index in [-0.39, 0.29) is 5.97 Å². The monoisotopic (exact) mass is 479 g/mol. The zero-order chi connectivity index (χ0) is 24.5. The zero-order valence-corrected chi connectivity index (χ0v) is 21.1. The van der Waals surface area contributed by atoms with Crippen LogP contribution in [0, 0.1) is 0 Å². The summed E-state index contributed by atoms with van der Waals surface area (Å²) in [5.41, 5.74) is 2.82. The lowest BCUT2D eigenvalue weighted by molar-refractivity contribution is -0.160. The van der Waals surface area contributed by atoms with Gasteiger partial charge in [0.25, 0.3) is 0 Å². The van der Waals surface area contributed by atoms with Gasteiger partial charge in [-0.15, -0.1) is 11.8 Å². The fourth-order valence-corrected chi connectivity index (χ4v) is 5.68. The van der Waals surface area contributed by atoms with E-state index < -0.39 is 11.1 Å². The maximum Gasteiger partial charge on any atom is 0.335 e. The van der Waals surface area contributed by atoms with Crippen molar-refractivity contribution in [1.29, 1.82) is 0 Å². The van der Waals surface area contributed by atoms with Crippen molar-refractivity contribution < 1.29 is 9.53 Å². The first-order chi connectivity index (χ1) is 16.8. The average Bonchev–Trinajstić information content (AvgIpc) is 3.29. The van der Waals surface area contributed by atoms with Crippen LogP contribution in [0.3, 0.4) is 0 Å². The van der Waals surface area contributed by atoms with Crippen LogP contribution in [-0.4, -0.2) is 27.9 Å². The molecule has 0 N–H and O–H groups in total. The van der Waals surface area contributed by atoms with E-state index in [2.05, 4.69) is 54.6 Å². The van der Waals surface area contributed by atoms with Crippen LogP contribution in [0.4, 0.5) is 0 Å². The van der Waals surface area contributed by atoms with Crippen molar-refractivity contribution in [2.45, 2.75) is 38.3 Å². The average molecular weight is 480 g/mol. The normalized spacial score (nSPS) is 17.9. The SMILES string of the molecule is CC(C)(C)OC(=O)[C@@]1(Cc2ccc3ccccc3c2)CSC(c2ccccc2-c2ccccc2)=N1. The number of nitrogens with zero attached hydrogens (tertiary/aromatic N) is 1. The summed E-state index contributed by atoms with van der Waals surface area (Å²) in [7, 11) is 0. The highest BCUT2D eigenvalue weighted by Gasteiger charge is 2.46. The molecule has 4 aromatic rings. The number of fused-ring (bicyclic) bond motifs is 1. The number of ether oxygens (including phenoxy) is 1. The molecule has 4 aromatic carbocycles. The van der Waals surface area contributed by atoms with E-state index in [1.807, 2.05) is 63.2 Å². The van der Waals surface area contributed by atoms with Crippen molar-refractivity contribution in [1.82, 2.24) is 0 Å². The highest BCUT2D eigenvalue weighted by molar-refractivity contribution is 8.14. The number of carbonyl (C=O) groups is 1. The van der Waals surface area contributed by atoms with Gasteiger partial charge in [-0.2, -0.15) is 0 Å². The number of hydrogen-bond donors (Lipinski definition) is 0. The molecule has 4 heteroatoms. The Morgan fingerprint density at radius 2 is 1.51 bits per heavy atom. The Morgan fingerprint density at radius 1 is 0.857 bits per heavy atom. The molecule has 0 fully saturated rings. The lowest BCUT2D eigenvalue weighted by Crippen LogP contribution is -2.44. The first kappa shape index (κ1) is 23.4. The minimum atomic E-state index is -0.973. The van der Waals surface area contributed by atoms with Gasteiger partial charge in [-0.3, -0.25) is 4.99 Å². The van der Waals surface area contributed by atoms with Gasteiger partial charge in [-0.05, 0) is 48.2 Å². The standard InChI is InChI=1S/C31H29NO2S/c1-30(2,3)34-29(33)31(20-22-17-18-23-11-7-8-14-25(23)19-22)21-35-28(32-31)27-16-10-9-15-26(27)24-12-5-4-6-13-24/h4-19H,20-21H2,1-3H3/t31-/m1/s1. The first-order valence-electron chi connectivity index (χ1n) is 11.9. The van der Waals surface area contributed by atoms with Crippen molar-refractivity contribution in [3.05, 3.63) is 108 Å². The summed E-state index contributed by atoms with van der Waals surface area (Å²) < 4.78 is 5.92. The fourth-order valence-electron chi connectivity index (χ4n) is 4.45. The van der Waals surface area contributed by atoms with E-state index in [9.17, 15) is 4.79 Å². The van der Waals surface area contributed by atoms with Gasteiger partial charge in [0.1, 0.15) is 5.60 Å². The van der Waals surface area contributed by atoms with Gasteiger partial charge < -0.3 is 4.74 Å². The smallest absolute Gasteiger partial charge is 0.335 e. The minimum Gasteiger partial charge on any atom is -0.458 e. The van der Waals surface area contributed by atoms with Crippen LogP contribution in [-0.2, 0) is 16.0 Å². The molecule has 1 atom stereocenters. The van der Waals surface area contributed by atoms with Crippen LogP contribution in [0.25, 0.3) is 21.9 Å². The van der Waals surface area contributed by atoms with Crippen LogP contribution in [0.15, 0.2) is 102 Å². The van der Waals surface area contributed by atoms with Gasteiger partial charge in [-0.1, -0.05) is 97.1 Å². The predicted octanol–water partition coefficient (Wildman–Crippen LogP) is 7.32. The Bertz CT molecular complexity index is 1400. The molecule has 0 amide bonds. The van der Waals surface area contributed by atoms with Crippen LogP contribution in [0.2, 0.25) is 0 Å². The summed E-state index contributed by atoms with van der Waals surface area (Å²) in [5.74, 6) is 0.283. The number of carbonyl (C=O) groups excluding carboxylic acids is 1. The molecule has 1 aliphatic heterocycles. The van der Waals surface area contributed by atoms with Gasteiger partial charge in [0.2, 0.25) is 0 Å². The first-order valence-corrected chi connectivity index (χ1v) is 12.9. The second kappa shape index (κ2) is 9.35. The molecule has 0 saturated carbocycles. The molecule has 35 heavy (non-hydrogen) atoms. The number of aliphatic imine (C=N–C) groups is 1. The molecular weight excluding hydrogens is 450 g/mol. The van der Waals surface area contributed by atoms with Gasteiger partial charge in [0.05, 0.1) is 5.04 Å². The van der Waals surface area contributed by atoms with Crippen LogP contribution < -0.4 is 0 Å². The lowest BCUT2D eigenvalue weighted by atomic mass is 9.91. The van der Waals surface area contributed by atoms with Crippen molar-refractivity contribution >= 4 is 33.5 Å². The number of esters is 1. The van der Waals surface area contributed by atoms with Gasteiger partial charge in [0, 0.05) is 17.7 Å². The third-order valence-corrected chi connectivity index (χ3v) is 7.30. The van der Waals surface area contributed by atoms with Gasteiger partial charge in [0.15, 0.2) is 5.54 Å². The quantitative estimate of drug-likeness (QED) is 0.281. The van der Waals surface area contributed by atoms with E-state index in [0.717, 1.165) is 32.7 Å². The predicted molar refractivity (Wildman–Crippen MR) is 147 cm³/mol. The minimum absolute atomic E-state index is 0.266. The van der Waals surface area contributed by atoms with Crippen molar-refractivity contribution in [2.24, 2.45) is 4.99 Å². The second-order valence-corrected chi connectivity index (χ2v) is 11.0. The Balaban J connectivity index is 1.57. The Morgan fingerprint density at radius 3 is 2.26 bits per heavy atom. The number of hydrogen-bond acceptors (Lipinski definition) is 4. The molecule has 0 bridgehead atoms. The second-order valence-electron chi connectivity index (χ2n) is 10.0. The zero-order valence-electron chi connectivity index (χ0n) is 20.3. The van der Waals surface area contributed by atoms with E-state index in [1.54, 1.807) is 11.8 Å². The molecule has 0 unspecified atom stereocenters. The highest BCUT2D eigenvalue weighted by Crippen LogP contribution is 2.38. The summed E-state index contributed by atoms with van der Waals surface area (Å²) in [4.78, 5) is 18.8. The van der Waals surface area contributed by atoms with E-state index in [4.69, 9.17) is 9.73 Å². The molecule has 5 rings (SSSR count). The van der Waals surface area contributed by atoms with Crippen molar-refractivity contribution in [3.63, 3.8) is 0 Å². The summed E-state index contributed by atoms with van der Waals surface area (Å²) in [5, 5.41) is 3.23. The molecule has 3 nitrogen and oxygen atoms in total. The molecule has 0 radical (unpaired) electrons. The molecule has 0 spiro atoms. The molecular formula is C31H29NO2S. The largest absolute Gasteiger partial charge is 0.458 e. The van der Waals surface area contributed by atoms with Gasteiger partial charge in [-0.25, -0.2) is 4.79 Å². The van der Waals surface area contributed by atoms with Crippen LogP contribution in [0.1, 0.15) is 31.9 Å². The summed E-state index contributed by atoms with van der Waals surface area (Å²) in [6.07, 6.45) is 0.497. The van der Waals surface area contributed by atoms with Crippen molar-refractivity contribution in [3.8, 4) is 11.1 Å². The highest BCUT2D eigenvalue weighted by atomic mass is 32.2. The lowest BCUT2D eigenvalue weighted by Gasteiger charge is -2.29. The maximum atomic E-state index is 13.6.